The van der Waals surface area contributed by atoms with Gasteiger partial charge in [-0.1, -0.05) is 22.0 Å². The summed E-state index contributed by atoms with van der Waals surface area (Å²) in [6.07, 6.45) is 0. The predicted molar refractivity (Wildman–Crippen MR) is 110 cm³/mol. The van der Waals surface area contributed by atoms with Crippen LogP contribution in [0.3, 0.4) is 0 Å². The monoisotopic (exact) mass is 467 g/mol. The van der Waals surface area contributed by atoms with Crippen molar-refractivity contribution >= 4 is 43.2 Å². The van der Waals surface area contributed by atoms with Gasteiger partial charge in [-0.25, -0.2) is 13.6 Å². The SMILES string of the molecule is Cc1cc(C(=O)NCc2ccc(S(N)(=O)=O)s2)c(C)n1-c1cccc(Br)c1. The largest absolute Gasteiger partial charge is 0.347 e. The Morgan fingerprint density at radius 3 is 2.59 bits per heavy atom. The fourth-order valence-electron chi connectivity index (χ4n) is 2.87. The molecule has 0 unspecified atom stereocenters. The number of nitrogens with zero attached hydrogens (tertiary/aromatic N) is 1. The minimum absolute atomic E-state index is 0.0829. The number of carbonyl (C=O) groups is 1. The van der Waals surface area contributed by atoms with Gasteiger partial charge < -0.3 is 9.88 Å². The standard InChI is InChI=1S/C18H18BrN3O3S2/c1-11-8-16(12(2)22(11)14-5-3-4-13(19)9-14)18(23)21-10-15-6-7-17(26-15)27(20,24)25/h3-9H,10H2,1-2H3,(H,21,23)(H2,20,24,25). The number of thiophene rings is 1. The molecule has 3 aromatic rings. The van der Waals surface area contributed by atoms with Crippen LogP contribution in [0, 0.1) is 13.8 Å². The molecule has 9 heteroatoms. The van der Waals surface area contributed by atoms with Gasteiger partial charge in [0, 0.05) is 26.4 Å². The highest BCUT2D eigenvalue weighted by atomic mass is 79.9. The molecule has 6 nitrogen and oxygen atoms in total. The van der Waals surface area contributed by atoms with Crippen molar-refractivity contribution in [3.05, 3.63) is 68.8 Å². The molecule has 1 aromatic carbocycles. The van der Waals surface area contributed by atoms with Crippen LogP contribution in [-0.2, 0) is 16.6 Å². The lowest BCUT2D eigenvalue weighted by atomic mass is 10.2. The summed E-state index contributed by atoms with van der Waals surface area (Å²) in [6, 6.07) is 12.8. The molecule has 0 aliphatic rings. The molecule has 0 saturated carbocycles. The van der Waals surface area contributed by atoms with Crippen LogP contribution in [0.15, 0.2) is 51.1 Å². The van der Waals surface area contributed by atoms with Crippen LogP contribution >= 0.6 is 27.3 Å². The van der Waals surface area contributed by atoms with Crippen LogP contribution in [0.2, 0.25) is 0 Å². The average Bonchev–Trinajstić information content (AvgIpc) is 3.17. The third-order valence-electron chi connectivity index (χ3n) is 4.08. The lowest BCUT2D eigenvalue weighted by Crippen LogP contribution is -2.22. The van der Waals surface area contributed by atoms with Gasteiger partial charge in [0.2, 0.25) is 10.0 Å². The predicted octanol–water partition coefficient (Wildman–Crippen LogP) is 3.50. The van der Waals surface area contributed by atoms with Crippen molar-refractivity contribution in [2.75, 3.05) is 0 Å². The van der Waals surface area contributed by atoms with Crippen LogP contribution in [0.5, 0.6) is 0 Å². The van der Waals surface area contributed by atoms with E-state index in [0.29, 0.717) is 10.4 Å². The molecule has 0 saturated heterocycles. The molecule has 3 N–H and O–H groups in total. The molecule has 0 fully saturated rings. The number of rotatable bonds is 5. The average molecular weight is 468 g/mol. The molecule has 142 valence electrons. The van der Waals surface area contributed by atoms with Crippen molar-refractivity contribution in [2.24, 2.45) is 5.14 Å². The highest BCUT2D eigenvalue weighted by Crippen LogP contribution is 2.24. The Morgan fingerprint density at radius 2 is 1.96 bits per heavy atom. The van der Waals surface area contributed by atoms with Gasteiger partial charge in [-0.3, -0.25) is 4.79 Å². The number of nitrogens with two attached hydrogens (primary N) is 1. The van der Waals surface area contributed by atoms with E-state index in [2.05, 4.69) is 21.2 Å². The first-order valence-electron chi connectivity index (χ1n) is 8.01. The van der Waals surface area contributed by atoms with E-state index in [1.165, 1.54) is 6.07 Å². The minimum Gasteiger partial charge on any atom is -0.347 e. The van der Waals surface area contributed by atoms with Gasteiger partial charge in [0.25, 0.3) is 5.91 Å². The molecule has 0 spiro atoms. The van der Waals surface area contributed by atoms with Gasteiger partial charge in [-0.2, -0.15) is 0 Å². The second kappa shape index (κ2) is 7.59. The number of nitrogens with one attached hydrogen (secondary N) is 1. The normalized spacial score (nSPS) is 11.6. The molecule has 0 bridgehead atoms. The maximum atomic E-state index is 12.6. The van der Waals surface area contributed by atoms with Gasteiger partial charge in [0.05, 0.1) is 12.1 Å². The number of carbonyl (C=O) groups excluding carboxylic acids is 1. The third kappa shape index (κ3) is 4.32. The highest BCUT2D eigenvalue weighted by molar-refractivity contribution is 9.10. The van der Waals surface area contributed by atoms with Crippen molar-refractivity contribution in [3.63, 3.8) is 0 Å². The van der Waals surface area contributed by atoms with Crippen molar-refractivity contribution in [2.45, 2.75) is 24.6 Å². The van der Waals surface area contributed by atoms with E-state index in [4.69, 9.17) is 5.14 Å². The second-order valence-corrected chi connectivity index (χ2v) is 9.92. The second-order valence-electron chi connectivity index (χ2n) is 6.05. The number of aromatic nitrogens is 1. The topological polar surface area (TPSA) is 94.2 Å². The summed E-state index contributed by atoms with van der Waals surface area (Å²) in [5, 5.41) is 7.95. The Hall–Kier alpha value is -1.94. The molecule has 3 rings (SSSR count). The van der Waals surface area contributed by atoms with Gasteiger partial charge >= 0.3 is 0 Å². The number of amides is 1. The highest BCUT2D eigenvalue weighted by Gasteiger charge is 2.17. The third-order valence-corrected chi connectivity index (χ3v) is 7.10. The summed E-state index contributed by atoms with van der Waals surface area (Å²) in [5.74, 6) is -0.213. The summed E-state index contributed by atoms with van der Waals surface area (Å²) in [5.41, 5.74) is 3.33. The molecule has 0 atom stereocenters. The van der Waals surface area contributed by atoms with E-state index in [-0.39, 0.29) is 16.7 Å². The Bertz CT molecular complexity index is 1120. The molecular formula is C18H18BrN3O3S2. The molecule has 2 aromatic heterocycles. The number of sulfonamides is 1. The van der Waals surface area contributed by atoms with Crippen molar-refractivity contribution in [1.29, 1.82) is 0 Å². The summed E-state index contributed by atoms with van der Waals surface area (Å²) in [6.45, 7) is 4.08. The molecule has 2 heterocycles. The Balaban J connectivity index is 1.80. The van der Waals surface area contributed by atoms with Crippen LogP contribution in [-0.4, -0.2) is 18.9 Å². The summed E-state index contributed by atoms with van der Waals surface area (Å²) < 4.78 is 25.7. The number of primary sulfonamides is 1. The smallest absolute Gasteiger partial charge is 0.253 e. The van der Waals surface area contributed by atoms with Gasteiger partial charge in [-0.05, 0) is 50.2 Å². The fraction of sp³-hybridized carbons (Fsp3) is 0.167. The Kier molecular flexibility index (Phi) is 5.57. The van der Waals surface area contributed by atoms with Crippen LogP contribution in [0.4, 0.5) is 0 Å². The van der Waals surface area contributed by atoms with Crippen LogP contribution in [0.1, 0.15) is 26.6 Å². The fourth-order valence-corrected chi connectivity index (χ4v) is 4.98. The van der Waals surface area contributed by atoms with Gasteiger partial charge in [0.1, 0.15) is 4.21 Å². The first kappa shape index (κ1) is 19.8. The number of aryl methyl sites for hydroxylation is 1. The lowest BCUT2D eigenvalue weighted by molar-refractivity contribution is 0.0950. The van der Waals surface area contributed by atoms with Crippen molar-refractivity contribution in [3.8, 4) is 5.69 Å². The van der Waals surface area contributed by atoms with E-state index in [0.717, 1.165) is 32.9 Å². The van der Waals surface area contributed by atoms with Crippen molar-refractivity contribution < 1.29 is 13.2 Å². The van der Waals surface area contributed by atoms with Crippen LogP contribution in [0.25, 0.3) is 5.69 Å². The lowest BCUT2D eigenvalue weighted by Gasteiger charge is -2.10. The molecular weight excluding hydrogens is 450 g/mol. The molecule has 0 aliphatic heterocycles. The summed E-state index contributed by atoms with van der Waals surface area (Å²) >= 11 is 4.52. The van der Waals surface area contributed by atoms with Gasteiger partial charge in [-0.15, -0.1) is 11.3 Å². The van der Waals surface area contributed by atoms with E-state index in [9.17, 15) is 13.2 Å². The van der Waals surface area contributed by atoms with E-state index >= 15 is 0 Å². The van der Waals surface area contributed by atoms with Crippen molar-refractivity contribution in [1.82, 2.24) is 9.88 Å². The number of benzene rings is 1. The Morgan fingerprint density at radius 1 is 1.22 bits per heavy atom. The quantitative estimate of drug-likeness (QED) is 0.600. The Labute approximate surface area is 170 Å². The van der Waals surface area contributed by atoms with Crippen LogP contribution < -0.4 is 10.5 Å². The van der Waals surface area contributed by atoms with E-state index in [1.54, 1.807) is 6.07 Å². The van der Waals surface area contributed by atoms with E-state index < -0.39 is 10.0 Å². The maximum Gasteiger partial charge on any atom is 0.253 e. The summed E-state index contributed by atoms with van der Waals surface area (Å²) in [7, 11) is -3.72. The minimum atomic E-state index is -3.72. The molecule has 1 amide bonds. The number of hydrogen-bond donors (Lipinski definition) is 2. The molecule has 0 radical (unpaired) electrons. The van der Waals surface area contributed by atoms with E-state index in [1.807, 2.05) is 48.7 Å². The molecule has 27 heavy (non-hydrogen) atoms. The zero-order valence-electron chi connectivity index (χ0n) is 14.7. The first-order valence-corrected chi connectivity index (χ1v) is 11.2. The maximum absolute atomic E-state index is 12.6. The van der Waals surface area contributed by atoms with Gasteiger partial charge in [0.15, 0.2) is 0 Å². The summed E-state index contributed by atoms with van der Waals surface area (Å²) in [4.78, 5) is 13.4. The zero-order chi connectivity index (χ0) is 19.8. The zero-order valence-corrected chi connectivity index (χ0v) is 17.9. The number of halogens is 1. The molecule has 0 aliphatic carbocycles. The number of hydrogen-bond acceptors (Lipinski definition) is 4. The first-order chi connectivity index (χ1) is 12.7.